The number of hydrogen-bond donors (Lipinski definition) is 5. The van der Waals surface area contributed by atoms with E-state index >= 15 is 0 Å². The van der Waals surface area contributed by atoms with Crippen molar-refractivity contribution in [1.82, 2.24) is 16.0 Å². The van der Waals surface area contributed by atoms with Gasteiger partial charge in [-0.15, -0.1) is 24.8 Å². The van der Waals surface area contributed by atoms with Gasteiger partial charge in [0.2, 0.25) is 5.91 Å². The van der Waals surface area contributed by atoms with Crippen molar-refractivity contribution in [2.45, 2.75) is 25.4 Å². The average molecular weight is 478 g/mol. The first-order chi connectivity index (χ1) is 14.4. The van der Waals surface area contributed by atoms with Gasteiger partial charge in [0, 0.05) is 19.2 Å². The minimum Gasteiger partial charge on any atom is -0.373 e. The molecule has 172 valence electrons. The first-order valence-electron chi connectivity index (χ1n) is 9.85. The monoisotopic (exact) mass is 477 g/mol. The van der Waals surface area contributed by atoms with Crippen LogP contribution in [-0.4, -0.2) is 30.7 Å². The third kappa shape index (κ3) is 6.56. The standard InChI is InChI=1S/C23H27N5O2.2ClH/c1-14(22(29)27-13-15-7-9-16(10-8-15)21(25)26-2)28-23(30)20(24)19-11-17-5-3-4-6-18(17)12-19;;/h3-10,19-20H,1,11-13,24H2,2H3,(H2,25,26)(H,27,29)(H,28,30);2*1H/t20-;;/m1../s1. The maximum Gasteiger partial charge on any atom is 0.267 e. The van der Waals surface area contributed by atoms with Gasteiger partial charge >= 0.3 is 0 Å². The second-order valence-electron chi connectivity index (χ2n) is 7.44. The zero-order chi connectivity index (χ0) is 21.7. The summed E-state index contributed by atoms with van der Waals surface area (Å²) in [6.45, 7) is 3.95. The molecule has 3 rings (SSSR count). The van der Waals surface area contributed by atoms with Crippen LogP contribution in [0.4, 0.5) is 0 Å². The number of halogens is 2. The molecular formula is C23H29Cl2N5O2. The van der Waals surface area contributed by atoms with Crippen LogP contribution in [0.25, 0.3) is 0 Å². The Balaban J connectivity index is 0.00000256. The molecule has 1 aliphatic carbocycles. The molecule has 1 atom stereocenters. The summed E-state index contributed by atoms with van der Waals surface area (Å²) in [5, 5.41) is 15.8. The SMILES string of the molecule is C=C(NC(=O)[C@H](N)C1Cc2ccccc2C1)C(=O)NCc1ccc(C(=N)NC)cc1.Cl.Cl. The Bertz CT molecular complexity index is 954. The van der Waals surface area contributed by atoms with Crippen LogP contribution in [0, 0.1) is 11.3 Å². The smallest absolute Gasteiger partial charge is 0.267 e. The van der Waals surface area contributed by atoms with Crippen LogP contribution >= 0.6 is 24.8 Å². The number of nitrogens with two attached hydrogens (primary N) is 1. The summed E-state index contributed by atoms with van der Waals surface area (Å²) in [6, 6.07) is 14.6. The Morgan fingerprint density at radius 1 is 1.09 bits per heavy atom. The Labute approximate surface area is 200 Å². The second kappa shape index (κ2) is 12.2. The maximum atomic E-state index is 12.5. The zero-order valence-corrected chi connectivity index (χ0v) is 19.4. The average Bonchev–Trinajstić information content (AvgIpc) is 3.20. The molecule has 9 heteroatoms. The van der Waals surface area contributed by atoms with Gasteiger partial charge in [0.25, 0.3) is 5.91 Å². The minimum absolute atomic E-state index is 0. The lowest BCUT2D eigenvalue weighted by molar-refractivity contribution is -0.125. The Hall–Kier alpha value is -2.87. The van der Waals surface area contributed by atoms with Crippen LogP contribution in [0.15, 0.2) is 60.8 Å². The summed E-state index contributed by atoms with van der Waals surface area (Å²) in [5.41, 5.74) is 10.2. The van der Waals surface area contributed by atoms with Gasteiger partial charge < -0.3 is 21.7 Å². The van der Waals surface area contributed by atoms with Crippen LogP contribution in [0.2, 0.25) is 0 Å². The van der Waals surface area contributed by atoms with Crippen LogP contribution in [0.3, 0.4) is 0 Å². The van der Waals surface area contributed by atoms with E-state index in [4.69, 9.17) is 11.1 Å². The van der Waals surface area contributed by atoms with Crippen molar-refractivity contribution < 1.29 is 9.59 Å². The van der Waals surface area contributed by atoms with Gasteiger partial charge in [-0.25, -0.2) is 0 Å². The van der Waals surface area contributed by atoms with Crippen LogP contribution < -0.4 is 21.7 Å². The topological polar surface area (TPSA) is 120 Å². The summed E-state index contributed by atoms with van der Waals surface area (Å²) < 4.78 is 0. The van der Waals surface area contributed by atoms with Crippen molar-refractivity contribution >= 4 is 42.5 Å². The molecule has 6 N–H and O–H groups in total. The quantitative estimate of drug-likeness (QED) is 0.238. The van der Waals surface area contributed by atoms with Crippen molar-refractivity contribution in [1.29, 1.82) is 5.41 Å². The lowest BCUT2D eigenvalue weighted by Gasteiger charge is -2.19. The first kappa shape index (κ1) is 27.2. The normalized spacial score (nSPS) is 12.9. The molecule has 0 heterocycles. The molecule has 0 unspecified atom stereocenters. The molecule has 7 nitrogen and oxygen atoms in total. The largest absolute Gasteiger partial charge is 0.373 e. The van der Waals surface area contributed by atoms with E-state index in [0.717, 1.165) is 24.0 Å². The molecule has 32 heavy (non-hydrogen) atoms. The molecule has 0 aliphatic heterocycles. The van der Waals surface area contributed by atoms with Crippen LogP contribution in [-0.2, 0) is 29.0 Å². The van der Waals surface area contributed by atoms with Crippen LogP contribution in [0.1, 0.15) is 22.3 Å². The summed E-state index contributed by atoms with van der Waals surface area (Å²) in [5.74, 6) is -0.531. The Kier molecular flexibility index (Phi) is 10.4. The van der Waals surface area contributed by atoms with E-state index in [1.165, 1.54) is 11.1 Å². The third-order valence-electron chi connectivity index (χ3n) is 5.39. The van der Waals surface area contributed by atoms with Gasteiger partial charge in [-0.05, 0) is 35.4 Å². The zero-order valence-electron chi connectivity index (χ0n) is 17.8. The molecule has 0 fully saturated rings. The van der Waals surface area contributed by atoms with Gasteiger partial charge in [0.1, 0.15) is 5.84 Å². The Morgan fingerprint density at radius 2 is 1.66 bits per heavy atom. The Morgan fingerprint density at radius 3 is 2.19 bits per heavy atom. The van der Waals surface area contributed by atoms with Crippen molar-refractivity contribution in [2.24, 2.45) is 11.7 Å². The molecule has 1 aliphatic rings. The summed E-state index contributed by atoms with van der Waals surface area (Å²) in [4.78, 5) is 24.8. The summed E-state index contributed by atoms with van der Waals surface area (Å²) in [7, 11) is 1.69. The molecule has 0 aromatic heterocycles. The molecule has 0 saturated heterocycles. The number of amidine groups is 1. The highest BCUT2D eigenvalue weighted by atomic mass is 35.5. The number of carbonyl (C=O) groups is 2. The third-order valence-corrected chi connectivity index (χ3v) is 5.39. The minimum atomic E-state index is -0.711. The number of benzene rings is 2. The number of hydrogen-bond acceptors (Lipinski definition) is 4. The van der Waals surface area contributed by atoms with Gasteiger partial charge in [0.15, 0.2) is 0 Å². The van der Waals surface area contributed by atoms with Crippen molar-refractivity contribution in [3.05, 3.63) is 83.1 Å². The number of nitrogens with one attached hydrogen (secondary N) is 4. The summed E-state index contributed by atoms with van der Waals surface area (Å²) >= 11 is 0. The van der Waals surface area contributed by atoms with Crippen molar-refractivity contribution in [3.63, 3.8) is 0 Å². The van der Waals surface area contributed by atoms with E-state index in [-0.39, 0.29) is 43.0 Å². The van der Waals surface area contributed by atoms with Gasteiger partial charge in [-0.3, -0.25) is 15.0 Å². The van der Waals surface area contributed by atoms with Gasteiger partial charge in [-0.2, -0.15) is 0 Å². The molecule has 2 amide bonds. The molecule has 0 spiro atoms. The number of fused-ring (bicyclic) bond motifs is 1. The molecule has 2 aromatic carbocycles. The molecule has 0 radical (unpaired) electrons. The van der Waals surface area contributed by atoms with E-state index in [1.807, 2.05) is 24.3 Å². The predicted octanol–water partition coefficient (Wildman–Crippen LogP) is 2.06. The molecule has 0 saturated carbocycles. The number of amides is 2. The maximum absolute atomic E-state index is 12.5. The van der Waals surface area contributed by atoms with Crippen molar-refractivity contribution in [2.75, 3.05) is 7.05 Å². The van der Waals surface area contributed by atoms with E-state index in [2.05, 4.69) is 34.7 Å². The fourth-order valence-electron chi connectivity index (χ4n) is 3.57. The molecular weight excluding hydrogens is 449 g/mol. The highest BCUT2D eigenvalue weighted by Crippen LogP contribution is 2.28. The van der Waals surface area contributed by atoms with E-state index in [1.54, 1.807) is 19.2 Å². The van der Waals surface area contributed by atoms with E-state index in [9.17, 15) is 9.59 Å². The van der Waals surface area contributed by atoms with Crippen molar-refractivity contribution in [3.8, 4) is 0 Å². The van der Waals surface area contributed by atoms with Crippen LogP contribution in [0.5, 0.6) is 0 Å². The number of rotatable bonds is 7. The lowest BCUT2D eigenvalue weighted by Crippen LogP contribution is -2.47. The van der Waals surface area contributed by atoms with Gasteiger partial charge in [0.05, 0.1) is 11.7 Å². The highest BCUT2D eigenvalue weighted by molar-refractivity contribution is 5.98. The first-order valence-corrected chi connectivity index (χ1v) is 9.85. The lowest BCUT2D eigenvalue weighted by atomic mass is 9.96. The van der Waals surface area contributed by atoms with Gasteiger partial charge in [-0.1, -0.05) is 55.1 Å². The fourth-order valence-corrected chi connectivity index (χ4v) is 3.57. The van der Waals surface area contributed by atoms with E-state index < -0.39 is 17.9 Å². The number of carbonyl (C=O) groups excluding carboxylic acids is 2. The fraction of sp³-hybridized carbons (Fsp3) is 0.261. The van der Waals surface area contributed by atoms with E-state index in [0.29, 0.717) is 5.84 Å². The summed E-state index contributed by atoms with van der Waals surface area (Å²) in [6.07, 6.45) is 1.51. The second-order valence-corrected chi connectivity index (χ2v) is 7.44. The predicted molar refractivity (Wildman–Crippen MR) is 131 cm³/mol. The highest BCUT2D eigenvalue weighted by Gasteiger charge is 2.31. The molecule has 0 bridgehead atoms. The molecule has 2 aromatic rings.